The van der Waals surface area contributed by atoms with Crippen LogP contribution in [0.3, 0.4) is 0 Å². The Morgan fingerprint density at radius 2 is 2.15 bits per heavy atom. The second kappa shape index (κ2) is 4.30. The zero-order valence-electron chi connectivity index (χ0n) is 10.5. The zero-order chi connectivity index (χ0) is 14.3. The summed E-state index contributed by atoms with van der Waals surface area (Å²) >= 11 is 0. The van der Waals surface area contributed by atoms with Gasteiger partial charge in [0.1, 0.15) is 0 Å². The Morgan fingerprint density at radius 1 is 1.35 bits per heavy atom. The third-order valence-corrected chi connectivity index (χ3v) is 2.95. The first-order valence-corrected chi connectivity index (χ1v) is 5.88. The summed E-state index contributed by atoms with van der Waals surface area (Å²) in [4.78, 5) is 29.4. The van der Waals surface area contributed by atoms with Gasteiger partial charge in [0.05, 0.1) is 10.6 Å². The van der Waals surface area contributed by atoms with Crippen LogP contribution < -0.4 is 5.56 Å². The molecule has 0 spiro atoms. The highest BCUT2D eigenvalue weighted by Gasteiger charge is 2.11. The minimum Gasteiger partial charge on any atom is -0.329 e. The minimum atomic E-state index is -0.464. The number of hydrogen-bond donors (Lipinski definition) is 1. The van der Waals surface area contributed by atoms with Gasteiger partial charge in [-0.15, -0.1) is 0 Å². The van der Waals surface area contributed by atoms with Crippen LogP contribution in [0.1, 0.15) is 5.69 Å². The van der Waals surface area contributed by atoms with Gasteiger partial charge in [0.15, 0.2) is 0 Å². The highest BCUT2D eigenvalue weighted by atomic mass is 16.6. The number of benzene rings is 1. The third-order valence-electron chi connectivity index (χ3n) is 2.95. The molecule has 0 aliphatic heterocycles. The summed E-state index contributed by atoms with van der Waals surface area (Å²) in [7, 11) is 0. The number of imidazole rings is 1. The van der Waals surface area contributed by atoms with E-state index in [9.17, 15) is 14.9 Å². The smallest absolute Gasteiger partial charge is 0.270 e. The van der Waals surface area contributed by atoms with Gasteiger partial charge in [-0.3, -0.25) is 19.3 Å². The van der Waals surface area contributed by atoms with Gasteiger partial charge >= 0.3 is 0 Å². The molecule has 0 atom stereocenters. The van der Waals surface area contributed by atoms with Gasteiger partial charge in [-0.05, 0) is 6.92 Å². The predicted octanol–water partition coefficient (Wildman–Crippen LogP) is 1.91. The monoisotopic (exact) mass is 270 g/mol. The summed E-state index contributed by atoms with van der Waals surface area (Å²) in [5.74, 6) is 0.413. The molecule has 0 aliphatic rings. The average Bonchev–Trinajstić information content (AvgIpc) is 2.83. The van der Waals surface area contributed by atoms with Crippen molar-refractivity contribution in [1.82, 2.24) is 14.4 Å². The molecule has 0 radical (unpaired) electrons. The molecular formula is C13H10N4O3. The minimum absolute atomic E-state index is 0.0120. The fourth-order valence-corrected chi connectivity index (χ4v) is 2.02. The molecule has 7 nitrogen and oxygen atoms in total. The molecule has 1 N–H and O–H groups in total. The third kappa shape index (κ3) is 1.95. The number of aryl methyl sites for hydroxylation is 1. The number of nitro groups is 1. The Hall–Kier alpha value is -2.96. The van der Waals surface area contributed by atoms with E-state index < -0.39 is 4.92 Å². The largest absolute Gasteiger partial charge is 0.329 e. The molecule has 1 aromatic carbocycles. The number of rotatable bonds is 2. The lowest BCUT2D eigenvalue weighted by Gasteiger charge is -1.95. The molecule has 7 heteroatoms. The molecular weight excluding hydrogens is 260 g/mol. The standard InChI is InChI=1S/C13H10N4O3/c1-8-5-12(18)16-7-11(15-13(16)14-8)9-3-2-4-10(6-9)17(19)20/h2-7H,1H3,(H,14,15). The van der Waals surface area contributed by atoms with Crippen LogP contribution >= 0.6 is 0 Å². The van der Waals surface area contributed by atoms with Gasteiger partial charge in [0.25, 0.3) is 11.2 Å². The first-order valence-electron chi connectivity index (χ1n) is 5.88. The summed E-state index contributed by atoms with van der Waals surface area (Å²) in [6, 6.07) is 7.61. The Bertz CT molecular complexity index is 879. The van der Waals surface area contributed by atoms with Crippen LogP contribution in [0.4, 0.5) is 5.69 Å². The van der Waals surface area contributed by atoms with E-state index in [2.05, 4.69) is 9.97 Å². The van der Waals surface area contributed by atoms with E-state index in [-0.39, 0.29) is 11.2 Å². The molecule has 100 valence electrons. The van der Waals surface area contributed by atoms with Crippen molar-refractivity contribution in [3.63, 3.8) is 0 Å². The van der Waals surface area contributed by atoms with E-state index in [0.717, 1.165) is 0 Å². The number of fused-ring (bicyclic) bond motifs is 1. The first kappa shape index (κ1) is 12.1. The molecule has 0 bridgehead atoms. The van der Waals surface area contributed by atoms with Gasteiger partial charge in [0, 0.05) is 35.7 Å². The van der Waals surface area contributed by atoms with Crippen molar-refractivity contribution in [1.29, 1.82) is 0 Å². The maximum Gasteiger partial charge on any atom is 0.270 e. The lowest BCUT2D eigenvalue weighted by Crippen LogP contribution is -2.12. The summed E-state index contributed by atoms with van der Waals surface area (Å²) < 4.78 is 1.38. The molecule has 0 fully saturated rings. The summed E-state index contributed by atoms with van der Waals surface area (Å²) in [5.41, 5.74) is 1.60. The summed E-state index contributed by atoms with van der Waals surface area (Å²) in [6.07, 6.45) is 1.56. The van der Waals surface area contributed by atoms with E-state index in [0.29, 0.717) is 22.7 Å². The van der Waals surface area contributed by atoms with Crippen molar-refractivity contribution in [2.75, 3.05) is 0 Å². The van der Waals surface area contributed by atoms with Crippen molar-refractivity contribution >= 4 is 11.5 Å². The fourth-order valence-electron chi connectivity index (χ4n) is 2.02. The molecule has 0 saturated carbocycles. The first-order chi connectivity index (χ1) is 9.54. The summed E-state index contributed by atoms with van der Waals surface area (Å²) in [5, 5.41) is 10.8. The molecule has 20 heavy (non-hydrogen) atoms. The van der Waals surface area contributed by atoms with Crippen LogP contribution in [0, 0.1) is 17.0 Å². The van der Waals surface area contributed by atoms with Crippen LogP contribution in [-0.2, 0) is 0 Å². The highest BCUT2D eigenvalue weighted by molar-refractivity contribution is 5.64. The molecule has 0 amide bonds. The van der Waals surface area contributed by atoms with E-state index in [4.69, 9.17) is 0 Å². The Balaban J connectivity index is 2.20. The van der Waals surface area contributed by atoms with Crippen LogP contribution in [-0.4, -0.2) is 19.3 Å². The van der Waals surface area contributed by atoms with Crippen LogP contribution in [0.25, 0.3) is 17.0 Å². The average molecular weight is 270 g/mol. The molecule has 2 aromatic heterocycles. The van der Waals surface area contributed by atoms with Crippen LogP contribution in [0.15, 0.2) is 41.3 Å². The van der Waals surface area contributed by atoms with Crippen molar-refractivity contribution in [2.24, 2.45) is 0 Å². The molecule has 0 saturated heterocycles. The Kier molecular flexibility index (Phi) is 2.60. The highest BCUT2D eigenvalue weighted by Crippen LogP contribution is 2.22. The van der Waals surface area contributed by atoms with E-state index >= 15 is 0 Å². The Morgan fingerprint density at radius 3 is 2.90 bits per heavy atom. The van der Waals surface area contributed by atoms with Crippen LogP contribution in [0.5, 0.6) is 0 Å². The maximum atomic E-state index is 11.8. The number of nitro benzene ring substituents is 1. The molecule has 3 rings (SSSR count). The second-order valence-corrected chi connectivity index (χ2v) is 4.42. The summed E-state index contributed by atoms with van der Waals surface area (Å²) in [6.45, 7) is 1.77. The normalized spacial score (nSPS) is 10.8. The molecule has 3 aromatic rings. The second-order valence-electron chi connectivity index (χ2n) is 4.42. The number of non-ortho nitro benzene ring substituents is 1. The number of nitrogens with zero attached hydrogens (tertiary/aromatic N) is 3. The topological polar surface area (TPSA) is 93.3 Å². The number of nitrogens with one attached hydrogen (secondary N) is 1. The zero-order valence-corrected chi connectivity index (χ0v) is 10.5. The molecule has 0 unspecified atom stereocenters. The van der Waals surface area contributed by atoms with Crippen molar-refractivity contribution in [3.8, 4) is 11.3 Å². The maximum absolute atomic E-state index is 11.8. The van der Waals surface area contributed by atoms with Gasteiger partial charge in [-0.1, -0.05) is 12.1 Å². The van der Waals surface area contributed by atoms with Gasteiger partial charge in [-0.25, -0.2) is 4.98 Å². The van der Waals surface area contributed by atoms with Gasteiger partial charge in [0.2, 0.25) is 5.78 Å². The van der Waals surface area contributed by atoms with Crippen molar-refractivity contribution in [3.05, 3.63) is 62.7 Å². The van der Waals surface area contributed by atoms with Crippen molar-refractivity contribution < 1.29 is 4.92 Å². The van der Waals surface area contributed by atoms with Gasteiger partial charge in [-0.2, -0.15) is 0 Å². The molecule has 2 heterocycles. The van der Waals surface area contributed by atoms with Gasteiger partial charge < -0.3 is 4.98 Å². The number of aromatic nitrogens is 3. The van der Waals surface area contributed by atoms with E-state index in [1.165, 1.54) is 22.6 Å². The Labute approximate surface area is 112 Å². The quantitative estimate of drug-likeness (QED) is 0.568. The van der Waals surface area contributed by atoms with E-state index in [1.807, 2.05) is 0 Å². The van der Waals surface area contributed by atoms with Crippen LogP contribution in [0.2, 0.25) is 0 Å². The number of H-pyrrole nitrogens is 1. The fraction of sp³-hybridized carbons (Fsp3) is 0.0769. The van der Waals surface area contributed by atoms with Crippen molar-refractivity contribution in [2.45, 2.75) is 6.92 Å². The predicted molar refractivity (Wildman–Crippen MR) is 72.6 cm³/mol. The molecule has 0 aliphatic carbocycles. The lowest BCUT2D eigenvalue weighted by atomic mass is 10.1. The van der Waals surface area contributed by atoms with E-state index in [1.54, 1.807) is 25.3 Å². The number of hydrogen-bond acceptors (Lipinski definition) is 4. The lowest BCUT2D eigenvalue weighted by molar-refractivity contribution is -0.384. The number of aromatic amines is 1. The SMILES string of the molecule is Cc1cc(=O)n2cc(-c3cccc([N+](=O)[O-])c3)nc2[nH]1.